The third-order valence-electron chi connectivity index (χ3n) is 4.25. The molecule has 5 heteroatoms. The molecule has 1 N–H and O–H groups in total. The number of nitrogens with zero attached hydrogens (tertiary/aromatic N) is 1. The number of carbonyl (C=O) groups is 1. The third-order valence-corrected chi connectivity index (χ3v) is 4.74. The first kappa shape index (κ1) is 13.6. The Morgan fingerprint density at radius 3 is 2.91 bits per heavy atom. The molecule has 22 heavy (non-hydrogen) atoms. The normalized spacial score (nSPS) is 26.0. The molecule has 2 atom stereocenters. The number of hydrogen-bond acceptors (Lipinski definition) is 2. The molecule has 0 spiro atoms. The number of nitrogens with one attached hydrogen (secondary N) is 1. The zero-order valence-corrected chi connectivity index (χ0v) is 13.6. The molecule has 2 amide bonds. The van der Waals surface area contributed by atoms with Gasteiger partial charge in [0, 0.05) is 16.5 Å². The van der Waals surface area contributed by atoms with Gasteiger partial charge in [-0.3, -0.25) is 4.90 Å². The van der Waals surface area contributed by atoms with Gasteiger partial charge in [0.2, 0.25) is 0 Å². The second kappa shape index (κ2) is 4.74. The molecule has 1 saturated heterocycles. The van der Waals surface area contributed by atoms with Crippen LogP contribution in [0.1, 0.15) is 24.9 Å². The van der Waals surface area contributed by atoms with E-state index in [4.69, 9.17) is 4.74 Å². The predicted molar refractivity (Wildman–Crippen MR) is 88.0 cm³/mol. The predicted octanol–water partition coefficient (Wildman–Crippen LogP) is 4.22. The van der Waals surface area contributed by atoms with Crippen molar-refractivity contribution in [3.63, 3.8) is 0 Å². The van der Waals surface area contributed by atoms with Crippen LogP contribution in [-0.2, 0) is 0 Å². The average molecular weight is 359 g/mol. The summed E-state index contributed by atoms with van der Waals surface area (Å²) in [7, 11) is 0. The van der Waals surface area contributed by atoms with Crippen molar-refractivity contribution in [3.8, 4) is 5.75 Å². The second-order valence-electron chi connectivity index (χ2n) is 5.84. The van der Waals surface area contributed by atoms with E-state index in [1.54, 1.807) is 4.90 Å². The number of fused-ring (bicyclic) bond motifs is 4. The van der Waals surface area contributed by atoms with Gasteiger partial charge in [0.25, 0.3) is 0 Å². The first-order valence-electron chi connectivity index (χ1n) is 7.21. The summed E-state index contributed by atoms with van der Waals surface area (Å²) in [5, 5.41) is 3.09. The smallest absolute Gasteiger partial charge is 0.325 e. The molecule has 0 saturated carbocycles. The lowest BCUT2D eigenvalue weighted by atomic mass is 9.90. The van der Waals surface area contributed by atoms with Crippen molar-refractivity contribution < 1.29 is 9.53 Å². The van der Waals surface area contributed by atoms with Gasteiger partial charge in [-0.2, -0.15) is 0 Å². The lowest BCUT2D eigenvalue weighted by molar-refractivity contribution is 0.0379. The zero-order valence-electron chi connectivity index (χ0n) is 12.0. The molecule has 1 fully saturated rings. The van der Waals surface area contributed by atoms with Crippen LogP contribution in [0.15, 0.2) is 53.0 Å². The van der Waals surface area contributed by atoms with Crippen LogP contribution in [-0.4, -0.2) is 11.8 Å². The van der Waals surface area contributed by atoms with Crippen LogP contribution >= 0.6 is 15.9 Å². The third kappa shape index (κ3) is 2.00. The van der Waals surface area contributed by atoms with Crippen LogP contribution in [0.2, 0.25) is 0 Å². The number of urea groups is 1. The number of rotatable bonds is 1. The summed E-state index contributed by atoms with van der Waals surface area (Å²) < 4.78 is 7.15. The van der Waals surface area contributed by atoms with Crippen molar-refractivity contribution in [2.24, 2.45) is 0 Å². The Kier molecular flexibility index (Phi) is 2.94. The van der Waals surface area contributed by atoms with Gasteiger partial charge in [-0.15, -0.1) is 0 Å². The standard InChI is InChI=1S/C17H15BrN2O2/c1-17-10-14(13-7-2-3-8-15(13)22-17)19-16(21)20(17)12-6-4-5-11(18)9-12/h2-9,14H,10H2,1H3,(H,19,21)/t14-,17+/m0/s1. The Morgan fingerprint density at radius 2 is 2.09 bits per heavy atom. The van der Waals surface area contributed by atoms with Crippen LogP contribution in [0.4, 0.5) is 10.5 Å². The number of para-hydroxylation sites is 1. The maximum atomic E-state index is 12.7. The molecule has 2 bridgehead atoms. The molecule has 0 aliphatic carbocycles. The van der Waals surface area contributed by atoms with E-state index in [2.05, 4.69) is 21.2 Å². The van der Waals surface area contributed by atoms with Crippen LogP contribution in [0.3, 0.4) is 0 Å². The Morgan fingerprint density at radius 1 is 1.27 bits per heavy atom. The lowest BCUT2D eigenvalue weighted by Gasteiger charge is -2.50. The van der Waals surface area contributed by atoms with Gasteiger partial charge in [0.1, 0.15) is 5.75 Å². The minimum atomic E-state index is -0.692. The zero-order chi connectivity index (χ0) is 15.3. The lowest BCUT2D eigenvalue weighted by Crippen LogP contribution is -2.65. The van der Waals surface area contributed by atoms with E-state index in [1.165, 1.54) is 0 Å². The van der Waals surface area contributed by atoms with Gasteiger partial charge in [0.05, 0.1) is 11.7 Å². The van der Waals surface area contributed by atoms with E-state index < -0.39 is 5.72 Å². The molecular weight excluding hydrogens is 344 g/mol. The highest BCUT2D eigenvalue weighted by atomic mass is 79.9. The largest absolute Gasteiger partial charge is 0.467 e. The fourth-order valence-electron chi connectivity index (χ4n) is 3.33. The van der Waals surface area contributed by atoms with E-state index in [0.29, 0.717) is 6.42 Å². The molecule has 2 aromatic rings. The van der Waals surface area contributed by atoms with Crippen LogP contribution < -0.4 is 15.0 Å². The van der Waals surface area contributed by atoms with Crippen LogP contribution in [0.5, 0.6) is 5.75 Å². The van der Waals surface area contributed by atoms with Gasteiger partial charge in [0.15, 0.2) is 5.72 Å². The van der Waals surface area contributed by atoms with Crippen LogP contribution in [0.25, 0.3) is 0 Å². The molecule has 4 nitrogen and oxygen atoms in total. The Hall–Kier alpha value is -2.01. The van der Waals surface area contributed by atoms with E-state index in [0.717, 1.165) is 21.5 Å². The average Bonchev–Trinajstić information content (AvgIpc) is 2.46. The topological polar surface area (TPSA) is 41.6 Å². The van der Waals surface area contributed by atoms with E-state index in [1.807, 2.05) is 55.5 Å². The summed E-state index contributed by atoms with van der Waals surface area (Å²) in [6.07, 6.45) is 0.711. The van der Waals surface area contributed by atoms with Crippen molar-refractivity contribution in [1.29, 1.82) is 0 Å². The Bertz CT molecular complexity index is 764. The Labute approximate surface area is 137 Å². The van der Waals surface area contributed by atoms with Gasteiger partial charge in [-0.05, 0) is 31.2 Å². The fraction of sp³-hybridized carbons (Fsp3) is 0.235. The maximum absolute atomic E-state index is 12.7. The van der Waals surface area contributed by atoms with Gasteiger partial charge in [-0.1, -0.05) is 40.2 Å². The number of ether oxygens (including phenoxy) is 1. The fourth-order valence-corrected chi connectivity index (χ4v) is 3.72. The van der Waals surface area contributed by atoms with Crippen molar-refractivity contribution in [2.75, 3.05) is 4.90 Å². The van der Waals surface area contributed by atoms with E-state index in [-0.39, 0.29) is 12.1 Å². The van der Waals surface area contributed by atoms with Crippen molar-refractivity contribution in [3.05, 3.63) is 58.6 Å². The minimum Gasteiger partial charge on any atom is -0.467 e. The number of amides is 2. The number of halogens is 1. The maximum Gasteiger partial charge on any atom is 0.325 e. The van der Waals surface area contributed by atoms with Crippen molar-refractivity contribution in [1.82, 2.24) is 5.32 Å². The first-order chi connectivity index (χ1) is 10.6. The molecule has 0 aromatic heterocycles. The van der Waals surface area contributed by atoms with Crippen LogP contribution in [0, 0.1) is 0 Å². The monoisotopic (exact) mass is 358 g/mol. The Balaban J connectivity index is 1.82. The molecule has 4 rings (SSSR count). The van der Waals surface area contributed by atoms with Gasteiger partial charge < -0.3 is 10.1 Å². The highest BCUT2D eigenvalue weighted by molar-refractivity contribution is 9.10. The number of hydrogen-bond donors (Lipinski definition) is 1. The number of carbonyl (C=O) groups excluding carboxylic acids is 1. The molecular formula is C17H15BrN2O2. The summed E-state index contributed by atoms with van der Waals surface area (Å²) >= 11 is 3.46. The molecule has 2 aliphatic rings. The number of benzene rings is 2. The van der Waals surface area contributed by atoms with Gasteiger partial charge >= 0.3 is 6.03 Å². The second-order valence-corrected chi connectivity index (χ2v) is 6.75. The molecule has 0 radical (unpaired) electrons. The first-order valence-corrected chi connectivity index (χ1v) is 8.00. The summed E-state index contributed by atoms with van der Waals surface area (Å²) in [6, 6.07) is 15.4. The minimum absolute atomic E-state index is 0.00847. The van der Waals surface area contributed by atoms with E-state index >= 15 is 0 Å². The molecule has 2 aromatic carbocycles. The van der Waals surface area contributed by atoms with Crippen molar-refractivity contribution in [2.45, 2.75) is 25.1 Å². The molecule has 2 aliphatic heterocycles. The molecule has 112 valence electrons. The molecule has 0 unspecified atom stereocenters. The highest BCUT2D eigenvalue weighted by Gasteiger charge is 2.49. The highest BCUT2D eigenvalue weighted by Crippen LogP contribution is 2.45. The number of anilines is 1. The van der Waals surface area contributed by atoms with E-state index in [9.17, 15) is 4.79 Å². The summed E-state index contributed by atoms with van der Waals surface area (Å²) in [5.74, 6) is 0.834. The quantitative estimate of drug-likeness (QED) is 0.829. The summed E-state index contributed by atoms with van der Waals surface area (Å²) in [6.45, 7) is 1.97. The van der Waals surface area contributed by atoms with Crippen molar-refractivity contribution >= 4 is 27.6 Å². The van der Waals surface area contributed by atoms with Gasteiger partial charge in [-0.25, -0.2) is 4.79 Å². The SMILES string of the molecule is C[C@@]12C[C@H](NC(=O)N1c1cccc(Br)c1)c1ccccc1O2. The molecule has 2 heterocycles. The summed E-state index contributed by atoms with van der Waals surface area (Å²) in [5.41, 5.74) is 1.16. The summed E-state index contributed by atoms with van der Waals surface area (Å²) in [4.78, 5) is 14.4.